The van der Waals surface area contributed by atoms with E-state index in [-0.39, 0.29) is 24.6 Å². The first kappa shape index (κ1) is 15.7. The lowest BCUT2D eigenvalue weighted by atomic mass is 10.5. The van der Waals surface area contributed by atoms with E-state index >= 15 is 0 Å². The van der Waals surface area contributed by atoms with Crippen LogP contribution < -0.4 is 5.32 Å². The van der Waals surface area contributed by atoms with Crippen LogP contribution in [0.3, 0.4) is 0 Å². The molecule has 0 aromatic carbocycles. The molecule has 100 valence electrons. The first-order chi connectivity index (χ1) is 7.82. The van der Waals surface area contributed by atoms with E-state index in [1.165, 1.54) is 6.92 Å². The standard InChI is InChI=1S/C9H18N2O5S/c1-3-11(7-8(12)13)9(14)10-5-6-17(15,16)4-2/h3-7H2,1-2H3,(H,10,14)(H,12,13). The molecule has 0 bridgehead atoms. The van der Waals surface area contributed by atoms with Gasteiger partial charge >= 0.3 is 12.0 Å². The van der Waals surface area contributed by atoms with Gasteiger partial charge in [-0.1, -0.05) is 6.92 Å². The van der Waals surface area contributed by atoms with Gasteiger partial charge in [0.25, 0.3) is 0 Å². The van der Waals surface area contributed by atoms with Gasteiger partial charge in [0.05, 0.1) is 5.75 Å². The minimum Gasteiger partial charge on any atom is -0.480 e. The van der Waals surface area contributed by atoms with Gasteiger partial charge in [-0.3, -0.25) is 4.79 Å². The number of nitrogens with one attached hydrogen (secondary N) is 1. The van der Waals surface area contributed by atoms with Crippen molar-refractivity contribution in [2.45, 2.75) is 13.8 Å². The fourth-order valence-corrected chi connectivity index (χ4v) is 1.76. The van der Waals surface area contributed by atoms with Crippen LogP contribution in [-0.4, -0.2) is 61.6 Å². The molecule has 0 saturated carbocycles. The number of hydrogen-bond donors (Lipinski definition) is 2. The molecule has 0 saturated heterocycles. The number of hydrogen-bond acceptors (Lipinski definition) is 4. The van der Waals surface area contributed by atoms with Crippen LogP contribution in [0.25, 0.3) is 0 Å². The summed E-state index contributed by atoms with van der Waals surface area (Å²) < 4.78 is 22.3. The zero-order valence-corrected chi connectivity index (χ0v) is 10.8. The van der Waals surface area contributed by atoms with Gasteiger partial charge in [-0.05, 0) is 6.92 Å². The summed E-state index contributed by atoms with van der Waals surface area (Å²) in [5.41, 5.74) is 0. The Labute approximate surface area is 101 Å². The molecule has 0 rings (SSSR count). The Balaban J connectivity index is 4.12. The number of aliphatic carboxylic acids is 1. The molecule has 0 aliphatic heterocycles. The zero-order chi connectivity index (χ0) is 13.5. The zero-order valence-electron chi connectivity index (χ0n) is 9.97. The topological polar surface area (TPSA) is 104 Å². The third-order valence-corrected chi connectivity index (χ3v) is 3.83. The van der Waals surface area contributed by atoms with Crippen LogP contribution in [0, 0.1) is 0 Å². The number of carboxylic acid groups (broad SMARTS) is 1. The first-order valence-corrected chi connectivity index (χ1v) is 7.09. The molecule has 0 spiro atoms. The fourth-order valence-electron chi connectivity index (χ4n) is 1.06. The largest absolute Gasteiger partial charge is 0.480 e. The Kier molecular flexibility index (Phi) is 6.55. The third kappa shape index (κ3) is 6.77. The van der Waals surface area contributed by atoms with Crippen molar-refractivity contribution in [1.82, 2.24) is 10.2 Å². The summed E-state index contributed by atoms with van der Waals surface area (Å²) in [6.45, 7) is 3.01. The highest BCUT2D eigenvalue weighted by Gasteiger charge is 2.15. The van der Waals surface area contributed by atoms with Crippen molar-refractivity contribution >= 4 is 21.8 Å². The van der Waals surface area contributed by atoms with Crippen LogP contribution in [0.1, 0.15) is 13.8 Å². The highest BCUT2D eigenvalue weighted by Crippen LogP contribution is 1.91. The van der Waals surface area contributed by atoms with Gasteiger partial charge < -0.3 is 15.3 Å². The first-order valence-electron chi connectivity index (χ1n) is 5.27. The van der Waals surface area contributed by atoms with Crippen molar-refractivity contribution in [2.75, 3.05) is 31.1 Å². The van der Waals surface area contributed by atoms with Crippen LogP contribution >= 0.6 is 0 Å². The molecular weight excluding hydrogens is 248 g/mol. The molecule has 0 aromatic heterocycles. The average molecular weight is 266 g/mol. The van der Waals surface area contributed by atoms with E-state index in [2.05, 4.69) is 5.32 Å². The quantitative estimate of drug-likeness (QED) is 0.648. The predicted molar refractivity (Wildman–Crippen MR) is 62.6 cm³/mol. The van der Waals surface area contributed by atoms with E-state index in [4.69, 9.17) is 5.11 Å². The molecule has 17 heavy (non-hydrogen) atoms. The molecular formula is C9H18N2O5S. The number of carbonyl (C=O) groups excluding carboxylic acids is 1. The van der Waals surface area contributed by atoms with E-state index < -0.39 is 28.4 Å². The number of rotatable bonds is 7. The predicted octanol–water partition coefficient (Wildman–Crippen LogP) is -0.463. The highest BCUT2D eigenvalue weighted by molar-refractivity contribution is 7.91. The van der Waals surface area contributed by atoms with Crippen molar-refractivity contribution in [2.24, 2.45) is 0 Å². The molecule has 0 aromatic rings. The number of sulfone groups is 1. The molecule has 0 fully saturated rings. The summed E-state index contributed by atoms with van der Waals surface area (Å²) in [6.07, 6.45) is 0. The third-order valence-electron chi connectivity index (χ3n) is 2.12. The van der Waals surface area contributed by atoms with Gasteiger partial charge in [0.15, 0.2) is 9.84 Å². The average Bonchev–Trinajstić information content (AvgIpc) is 2.25. The summed E-state index contributed by atoms with van der Waals surface area (Å²) in [5.74, 6) is -1.22. The minimum absolute atomic E-state index is 0.00880. The number of carboxylic acids is 1. The monoisotopic (exact) mass is 266 g/mol. The van der Waals surface area contributed by atoms with E-state index in [0.29, 0.717) is 0 Å². The molecule has 0 heterocycles. The summed E-state index contributed by atoms with van der Waals surface area (Å²) in [6, 6.07) is -0.568. The SMILES string of the molecule is CCN(CC(=O)O)C(=O)NCCS(=O)(=O)CC. The van der Waals surface area contributed by atoms with Crippen LogP contribution in [0.5, 0.6) is 0 Å². The lowest BCUT2D eigenvalue weighted by Crippen LogP contribution is -2.44. The number of nitrogens with zero attached hydrogens (tertiary/aromatic N) is 1. The Morgan fingerprint density at radius 2 is 1.88 bits per heavy atom. The summed E-state index contributed by atoms with van der Waals surface area (Å²) in [7, 11) is -3.12. The van der Waals surface area contributed by atoms with Crippen molar-refractivity contribution in [1.29, 1.82) is 0 Å². The number of likely N-dealkylation sites (N-methyl/N-ethyl adjacent to an activating group) is 1. The van der Waals surface area contributed by atoms with Crippen LogP contribution in [-0.2, 0) is 14.6 Å². The maximum absolute atomic E-state index is 11.4. The second kappa shape index (κ2) is 7.10. The smallest absolute Gasteiger partial charge is 0.323 e. The van der Waals surface area contributed by atoms with Crippen molar-refractivity contribution in [3.63, 3.8) is 0 Å². The lowest BCUT2D eigenvalue weighted by Gasteiger charge is -2.18. The van der Waals surface area contributed by atoms with Gasteiger partial charge in [-0.2, -0.15) is 0 Å². The Morgan fingerprint density at radius 3 is 2.29 bits per heavy atom. The van der Waals surface area contributed by atoms with Crippen molar-refractivity contribution in [3.8, 4) is 0 Å². The molecule has 0 aliphatic rings. The van der Waals surface area contributed by atoms with E-state index in [1.54, 1.807) is 6.92 Å². The Bertz CT molecular complexity index is 366. The van der Waals surface area contributed by atoms with Gasteiger partial charge in [0.2, 0.25) is 0 Å². The lowest BCUT2D eigenvalue weighted by molar-refractivity contribution is -0.137. The summed E-state index contributed by atoms with van der Waals surface area (Å²) in [4.78, 5) is 23.0. The Hall–Kier alpha value is -1.31. The normalized spacial score (nSPS) is 10.9. The highest BCUT2D eigenvalue weighted by atomic mass is 32.2. The van der Waals surface area contributed by atoms with Gasteiger partial charge in [-0.15, -0.1) is 0 Å². The van der Waals surface area contributed by atoms with Gasteiger partial charge in [0.1, 0.15) is 6.54 Å². The van der Waals surface area contributed by atoms with E-state index in [1.807, 2.05) is 0 Å². The van der Waals surface area contributed by atoms with E-state index in [0.717, 1.165) is 4.90 Å². The maximum Gasteiger partial charge on any atom is 0.323 e. The molecule has 0 aliphatic carbocycles. The van der Waals surface area contributed by atoms with E-state index in [9.17, 15) is 18.0 Å². The Morgan fingerprint density at radius 1 is 1.29 bits per heavy atom. The van der Waals surface area contributed by atoms with Gasteiger partial charge in [0, 0.05) is 18.8 Å². The van der Waals surface area contributed by atoms with Crippen LogP contribution in [0.15, 0.2) is 0 Å². The van der Waals surface area contributed by atoms with Crippen LogP contribution in [0.2, 0.25) is 0 Å². The van der Waals surface area contributed by atoms with Crippen molar-refractivity contribution < 1.29 is 23.1 Å². The summed E-state index contributed by atoms with van der Waals surface area (Å²) >= 11 is 0. The minimum atomic E-state index is -3.12. The number of carbonyl (C=O) groups is 2. The number of urea groups is 1. The fraction of sp³-hybridized carbons (Fsp3) is 0.778. The molecule has 0 radical (unpaired) electrons. The molecule has 2 N–H and O–H groups in total. The van der Waals surface area contributed by atoms with Crippen molar-refractivity contribution in [3.05, 3.63) is 0 Å². The molecule has 0 atom stereocenters. The second-order valence-corrected chi connectivity index (χ2v) is 5.85. The molecule has 2 amide bonds. The van der Waals surface area contributed by atoms with Crippen LogP contribution in [0.4, 0.5) is 4.79 Å². The molecule has 0 unspecified atom stereocenters. The maximum atomic E-state index is 11.4. The molecule has 7 nitrogen and oxygen atoms in total. The second-order valence-electron chi connectivity index (χ2n) is 3.38. The summed E-state index contributed by atoms with van der Waals surface area (Å²) in [5, 5.41) is 10.9. The molecule has 8 heteroatoms. The number of amides is 2. The van der Waals surface area contributed by atoms with Gasteiger partial charge in [-0.25, -0.2) is 13.2 Å².